The van der Waals surface area contributed by atoms with Crippen LogP contribution in [0.5, 0.6) is 5.75 Å². The third-order valence-corrected chi connectivity index (χ3v) is 3.27. The number of anilines is 1. The van der Waals surface area contributed by atoms with Crippen LogP contribution in [0.4, 0.5) is 18.9 Å². The molecule has 1 aliphatic heterocycles. The van der Waals surface area contributed by atoms with Gasteiger partial charge in [0.25, 0.3) is 5.91 Å². The van der Waals surface area contributed by atoms with Gasteiger partial charge in [0, 0.05) is 36.0 Å². The van der Waals surface area contributed by atoms with E-state index in [0.717, 1.165) is 6.08 Å². The second-order valence-electron chi connectivity index (χ2n) is 4.72. The van der Waals surface area contributed by atoms with Crippen molar-refractivity contribution in [2.45, 2.75) is 12.6 Å². The summed E-state index contributed by atoms with van der Waals surface area (Å²) in [4.78, 5) is 13.6. The predicted octanol–water partition coefficient (Wildman–Crippen LogP) is 2.61. The predicted molar refractivity (Wildman–Crippen MR) is 72.1 cm³/mol. The summed E-state index contributed by atoms with van der Waals surface area (Å²) in [6.07, 6.45) is -3.48. The molecule has 0 spiro atoms. The molecule has 0 aliphatic carbocycles. The number of nitrogens with two attached hydrogens (primary N) is 1. The molecule has 1 heterocycles. The highest BCUT2D eigenvalue weighted by Crippen LogP contribution is 2.30. The van der Waals surface area contributed by atoms with Crippen LogP contribution in [0.2, 0.25) is 0 Å². The van der Waals surface area contributed by atoms with Crippen molar-refractivity contribution in [2.24, 2.45) is 0 Å². The maximum atomic E-state index is 12.5. The molecule has 1 amide bonds. The van der Waals surface area contributed by atoms with E-state index in [2.05, 4.69) is 0 Å². The normalized spacial score (nSPS) is 15.6. The topological polar surface area (TPSA) is 55.6 Å². The van der Waals surface area contributed by atoms with Crippen LogP contribution in [0.3, 0.4) is 0 Å². The molecule has 21 heavy (non-hydrogen) atoms. The monoisotopic (exact) mass is 300 g/mol. The van der Waals surface area contributed by atoms with Gasteiger partial charge in [-0.25, -0.2) is 0 Å². The lowest BCUT2D eigenvalue weighted by Gasteiger charge is -2.27. The number of amides is 1. The fourth-order valence-corrected chi connectivity index (χ4v) is 2.16. The van der Waals surface area contributed by atoms with E-state index in [0.29, 0.717) is 17.0 Å². The van der Waals surface area contributed by atoms with Gasteiger partial charge in [0.2, 0.25) is 0 Å². The van der Waals surface area contributed by atoms with Crippen molar-refractivity contribution in [3.8, 4) is 5.75 Å². The van der Waals surface area contributed by atoms with Gasteiger partial charge in [0.15, 0.2) is 0 Å². The molecule has 0 aromatic heterocycles. The third kappa shape index (κ3) is 3.48. The fourth-order valence-electron chi connectivity index (χ4n) is 2.16. The summed E-state index contributed by atoms with van der Waals surface area (Å²) < 4.78 is 42.6. The van der Waals surface area contributed by atoms with Crippen molar-refractivity contribution >= 4 is 11.6 Å². The molecule has 114 valence electrons. The molecule has 1 aromatic carbocycles. The summed E-state index contributed by atoms with van der Waals surface area (Å²) in [5, 5.41) is 0. The number of hydrogen-bond acceptors (Lipinski definition) is 3. The molecule has 4 nitrogen and oxygen atoms in total. The Hall–Kier alpha value is -2.18. The summed E-state index contributed by atoms with van der Waals surface area (Å²) in [6.45, 7) is -0.0356. The van der Waals surface area contributed by atoms with Crippen LogP contribution < -0.4 is 10.5 Å². The van der Waals surface area contributed by atoms with Crippen LogP contribution in [-0.2, 0) is 0 Å². The molecule has 0 fully saturated rings. The van der Waals surface area contributed by atoms with Gasteiger partial charge in [0.1, 0.15) is 5.75 Å². The molecule has 2 N–H and O–H groups in total. The van der Waals surface area contributed by atoms with Gasteiger partial charge in [0.05, 0.1) is 7.11 Å². The minimum atomic E-state index is -4.32. The highest BCUT2D eigenvalue weighted by atomic mass is 19.4. The van der Waals surface area contributed by atoms with Gasteiger partial charge in [-0.1, -0.05) is 6.08 Å². The zero-order valence-electron chi connectivity index (χ0n) is 11.4. The maximum Gasteiger partial charge on any atom is 0.412 e. The lowest BCUT2D eigenvalue weighted by molar-refractivity contribution is -0.0957. The molecule has 0 radical (unpaired) electrons. The van der Waals surface area contributed by atoms with Crippen molar-refractivity contribution in [3.05, 3.63) is 35.4 Å². The van der Waals surface area contributed by atoms with E-state index >= 15 is 0 Å². The van der Waals surface area contributed by atoms with E-state index in [9.17, 15) is 18.0 Å². The average Bonchev–Trinajstić information content (AvgIpc) is 2.45. The van der Waals surface area contributed by atoms with E-state index in [1.807, 2.05) is 0 Å². The SMILES string of the molecule is COc1cc(N)cc(C(=O)N2CC=C(C(F)(F)F)CC2)c1. The molecule has 2 rings (SSSR count). The van der Waals surface area contributed by atoms with Crippen LogP contribution in [0.1, 0.15) is 16.8 Å². The highest BCUT2D eigenvalue weighted by molar-refractivity contribution is 5.95. The molecule has 1 aromatic rings. The fraction of sp³-hybridized carbons (Fsp3) is 0.357. The molecule has 0 atom stereocenters. The van der Waals surface area contributed by atoms with Crippen LogP contribution in [-0.4, -0.2) is 37.2 Å². The number of rotatable bonds is 2. The minimum Gasteiger partial charge on any atom is -0.497 e. The number of halogens is 3. The molecule has 0 bridgehead atoms. The maximum absolute atomic E-state index is 12.5. The number of nitrogen functional groups attached to an aromatic ring is 1. The number of methoxy groups -OCH3 is 1. The van der Waals surface area contributed by atoms with E-state index in [4.69, 9.17) is 10.5 Å². The van der Waals surface area contributed by atoms with Crippen LogP contribution in [0.15, 0.2) is 29.8 Å². The summed E-state index contributed by atoms with van der Waals surface area (Å²) >= 11 is 0. The number of nitrogens with zero attached hydrogens (tertiary/aromatic N) is 1. The zero-order chi connectivity index (χ0) is 15.6. The molecule has 7 heteroatoms. The zero-order valence-corrected chi connectivity index (χ0v) is 11.4. The first kappa shape index (κ1) is 15.2. The summed E-state index contributed by atoms with van der Waals surface area (Å²) in [6, 6.07) is 4.56. The van der Waals surface area contributed by atoms with E-state index in [-0.39, 0.29) is 25.4 Å². The largest absolute Gasteiger partial charge is 0.497 e. The highest BCUT2D eigenvalue weighted by Gasteiger charge is 2.35. The molecule has 0 unspecified atom stereocenters. The van der Waals surface area contributed by atoms with Crippen molar-refractivity contribution < 1.29 is 22.7 Å². The van der Waals surface area contributed by atoms with E-state index in [1.54, 1.807) is 6.07 Å². The quantitative estimate of drug-likeness (QED) is 0.675. The third-order valence-electron chi connectivity index (χ3n) is 3.27. The number of carbonyl (C=O) groups is 1. The van der Waals surface area contributed by atoms with Crippen molar-refractivity contribution in [3.63, 3.8) is 0 Å². The summed E-state index contributed by atoms with van der Waals surface area (Å²) in [5.41, 5.74) is 5.75. The Morgan fingerprint density at radius 1 is 1.33 bits per heavy atom. The van der Waals surface area contributed by atoms with Crippen molar-refractivity contribution in [1.29, 1.82) is 0 Å². The molecule has 0 saturated heterocycles. The van der Waals surface area contributed by atoms with Crippen molar-refractivity contribution in [2.75, 3.05) is 25.9 Å². The van der Waals surface area contributed by atoms with Crippen LogP contribution in [0, 0.1) is 0 Å². The standard InChI is InChI=1S/C14H15F3N2O2/c1-21-12-7-9(6-11(18)8-12)13(20)19-4-2-10(3-5-19)14(15,16)17/h2,6-8H,3-5,18H2,1H3. The first-order valence-corrected chi connectivity index (χ1v) is 6.31. The average molecular weight is 300 g/mol. The lowest BCUT2D eigenvalue weighted by Crippen LogP contribution is -2.36. The molecule has 1 aliphatic rings. The van der Waals surface area contributed by atoms with E-state index in [1.165, 1.54) is 24.1 Å². The first-order chi connectivity index (χ1) is 9.81. The van der Waals surface area contributed by atoms with Gasteiger partial charge < -0.3 is 15.4 Å². The Kier molecular flexibility index (Phi) is 4.11. The van der Waals surface area contributed by atoms with E-state index < -0.39 is 11.7 Å². The number of hydrogen-bond donors (Lipinski definition) is 1. The van der Waals surface area contributed by atoms with Crippen molar-refractivity contribution in [1.82, 2.24) is 4.90 Å². The number of ether oxygens (including phenoxy) is 1. The Balaban J connectivity index is 2.16. The Bertz CT molecular complexity index is 582. The molecular formula is C14H15F3N2O2. The minimum absolute atomic E-state index is 0.0291. The second-order valence-corrected chi connectivity index (χ2v) is 4.72. The summed E-state index contributed by atoms with van der Waals surface area (Å²) in [7, 11) is 1.45. The molecular weight excluding hydrogens is 285 g/mol. The first-order valence-electron chi connectivity index (χ1n) is 6.31. The Labute approximate surface area is 120 Å². The summed E-state index contributed by atoms with van der Waals surface area (Å²) in [5.74, 6) is 0.0694. The van der Waals surface area contributed by atoms with Gasteiger partial charge in [-0.05, 0) is 18.6 Å². The van der Waals surface area contributed by atoms with Gasteiger partial charge in [-0.2, -0.15) is 13.2 Å². The van der Waals surface area contributed by atoms with Crippen LogP contribution in [0.25, 0.3) is 0 Å². The number of alkyl halides is 3. The number of carbonyl (C=O) groups excluding carboxylic acids is 1. The second kappa shape index (κ2) is 5.67. The van der Waals surface area contributed by atoms with Gasteiger partial charge >= 0.3 is 6.18 Å². The smallest absolute Gasteiger partial charge is 0.412 e. The number of benzene rings is 1. The van der Waals surface area contributed by atoms with Gasteiger partial charge in [-0.3, -0.25) is 4.79 Å². The van der Waals surface area contributed by atoms with Crippen LogP contribution >= 0.6 is 0 Å². The molecule has 0 saturated carbocycles. The lowest BCUT2D eigenvalue weighted by atomic mass is 10.1. The Morgan fingerprint density at radius 3 is 2.57 bits per heavy atom. The Morgan fingerprint density at radius 2 is 2.05 bits per heavy atom. The van der Waals surface area contributed by atoms with Gasteiger partial charge in [-0.15, -0.1) is 0 Å².